The van der Waals surface area contributed by atoms with E-state index in [9.17, 15) is 23.8 Å². The molecule has 0 bridgehead atoms. The molecule has 51 heavy (non-hydrogen) atoms. The second-order valence-electron chi connectivity index (χ2n) is 13.4. The summed E-state index contributed by atoms with van der Waals surface area (Å²) in [5.41, 5.74) is 5.32. The number of hydrogen-bond donors (Lipinski definition) is 3. The Morgan fingerprint density at radius 1 is 0.588 bits per heavy atom. The van der Waals surface area contributed by atoms with Gasteiger partial charge in [0.25, 0.3) is 0 Å². The topological polar surface area (TPSA) is 172 Å². The van der Waals surface area contributed by atoms with Gasteiger partial charge < -0.3 is 25.2 Å². The standard InChI is InChI=1S/C39H72NO10P/c1-3-5-7-9-11-13-15-17-19-21-23-25-27-29-31-38(42)50-35(33-48-51(45,46)49-34-36(40)39(43)44)32-47-37(41)30-28-26-24-22-20-18-16-14-12-10-8-6-4-2/h14-17,35-36H,3-13,18-34,40H2,1-2H3,(H,43,44)(H,45,46)/b16-14+,17-15+/t35-,36+/m1/s1. The molecule has 0 aromatic rings. The zero-order chi connectivity index (χ0) is 37.8. The molecule has 298 valence electrons. The van der Waals surface area contributed by atoms with Gasteiger partial charge in [-0.3, -0.25) is 23.4 Å². The molecule has 0 aliphatic carbocycles. The number of aliphatic carboxylic acids is 1. The molecule has 0 saturated carbocycles. The number of ether oxygens (including phenoxy) is 2. The number of nitrogens with two attached hydrogens (primary N) is 1. The predicted molar refractivity (Wildman–Crippen MR) is 203 cm³/mol. The molecule has 11 nitrogen and oxygen atoms in total. The van der Waals surface area contributed by atoms with Crippen molar-refractivity contribution < 1.29 is 47.5 Å². The molecule has 0 saturated heterocycles. The maximum absolute atomic E-state index is 12.6. The zero-order valence-corrected chi connectivity index (χ0v) is 32.8. The number of phosphoric acid groups is 1. The van der Waals surface area contributed by atoms with Crippen molar-refractivity contribution in [3.63, 3.8) is 0 Å². The number of esters is 2. The first-order chi connectivity index (χ1) is 24.6. The number of rotatable bonds is 37. The monoisotopic (exact) mass is 745 g/mol. The molecule has 0 fully saturated rings. The van der Waals surface area contributed by atoms with Gasteiger partial charge in [-0.05, 0) is 64.2 Å². The largest absolute Gasteiger partial charge is 0.480 e. The summed E-state index contributed by atoms with van der Waals surface area (Å²) < 4.78 is 32.6. The van der Waals surface area contributed by atoms with E-state index in [0.717, 1.165) is 77.0 Å². The Kier molecular flexibility index (Phi) is 33.6. The van der Waals surface area contributed by atoms with Crippen molar-refractivity contribution in [3.05, 3.63) is 24.3 Å². The van der Waals surface area contributed by atoms with E-state index in [1.54, 1.807) is 0 Å². The summed E-state index contributed by atoms with van der Waals surface area (Å²) in [6.07, 6.45) is 33.9. The lowest BCUT2D eigenvalue weighted by atomic mass is 10.1. The molecule has 0 radical (unpaired) electrons. The lowest BCUT2D eigenvalue weighted by molar-refractivity contribution is -0.161. The van der Waals surface area contributed by atoms with E-state index >= 15 is 0 Å². The molecule has 12 heteroatoms. The molecular formula is C39H72NO10P. The molecule has 0 spiro atoms. The Balaban J connectivity index is 4.45. The minimum atomic E-state index is -4.71. The number of carboxylic acid groups (broad SMARTS) is 1. The fourth-order valence-corrected chi connectivity index (χ4v) is 6.01. The van der Waals surface area contributed by atoms with Crippen LogP contribution in [0.25, 0.3) is 0 Å². The SMILES string of the molecule is CCCCCC/C=C/CCCCCCCC(=O)OC[C@H](COP(=O)(O)OC[C@H](N)C(=O)O)OC(=O)CCCCCCC/C=C/CCCCCCC. The van der Waals surface area contributed by atoms with Crippen LogP contribution >= 0.6 is 7.82 Å². The maximum Gasteiger partial charge on any atom is 0.472 e. The van der Waals surface area contributed by atoms with Gasteiger partial charge in [-0.25, -0.2) is 4.57 Å². The molecule has 4 N–H and O–H groups in total. The number of phosphoric ester groups is 1. The summed E-state index contributed by atoms with van der Waals surface area (Å²) in [6, 6.07) is -1.52. The molecule has 0 aliphatic heterocycles. The molecule has 0 rings (SSSR count). The van der Waals surface area contributed by atoms with Crippen LogP contribution in [0.3, 0.4) is 0 Å². The van der Waals surface area contributed by atoms with Crippen molar-refractivity contribution in [3.8, 4) is 0 Å². The molecule has 3 atom stereocenters. The van der Waals surface area contributed by atoms with Crippen molar-refractivity contribution in [2.24, 2.45) is 5.73 Å². The van der Waals surface area contributed by atoms with Crippen LogP contribution in [0, 0.1) is 0 Å². The van der Waals surface area contributed by atoms with Crippen LogP contribution < -0.4 is 5.73 Å². The van der Waals surface area contributed by atoms with Gasteiger partial charge in [0.1, 0.15) is 12.6 Å². The third-order valence-electron chi connectivity index (χ3n) is 8.42. The predicted octanol–water partition coefficient (Wildman–Crippen LogP) is 9.89. The number of unbranched alkanes of at least 4 members (excludes halogenated alkanes) is 19. The van der Waals surface area contributed by atoms with E-state index in [1.165, 1.54) is 57.8 Å². The highest BCUT2D eigenvalue weighted by atomic mass is 31.2. The van der Waals surface area contributed by atoms with Crippen LogP contribution in [0.15, 0.2) is 24.3 Å². The van der Waals surface area contributed by atoms with Gasteiger partial charge in [0.2, 0.25) is 0 Å². The Morgan fingerprint density at radius 2 is 0.980 bits per heavy atom. The van der Waals surface area contributed by atoms with Crippen molar-refractivity contribution in [2.45, 2.75) is 187 Å². The first-order valence-electron chi connectivity index (χ1n) is 19.9. The highest BCUT2D eigenvalue weighted by molar-refractivity contribution is 7.47. The second-order valence-corrected chi connectivity index (χ2v) is 14.9. The maximum atomic E-state index is 12.6. The number of carbonyl (C=O) groups is 3. The third kappa shape index (κ3) is 34.8. The lowest BCUT2D eigenvalue weighted by Crippen LogP contribution is -2.34. The first kappa shape index (κ1) is 49.0. The molecular weight excluding hydrogens is 673 g/mol. The van der Waals surface area contributed by atoms with E-state index in [-0.39, 0.29) is 19.4 Å². The van der Waals surface area contributed by atoms with Crippen LogP contribution in [0.2, 0.25) is 0 Å². The molecule has 0 aromatic heterocycles. The van der Waals surface area contributed by atoms with Gasteiger partial charge >= 0.3 is 25.7 Å². The second kappa shape index (κ2) is 35.0. The number of allylic oxidation sites excluding steroid dienone is 4. The van der Waals surface area contributed by atoms with Crippen LogP contribution in [0.4, 0.5) is 0 Å². The van der Waals surface area contributed by atoms with Gasteiger partial charge in [0.15, 0.2) is 6.10 Å². The number of carboxylic acids is 1. The Bertz CT molecular complexity index is 974. The molecule has 0 aliphatic rings. The average Bonchev–Trinajstić information content (AvgIpc) is 3.10. The lowest BCUT2D eigenvalue weighted by Gasteiger charge is -2.20. The van der Waals surface area contributed by atoms with Crippen LogP contribution in [0.1, 0.15) is 174 Å². The summed E-state index contributed by atoms with van der Waals surface area (Å²) in [7, 11) is -4.71. The summed E-state index contributed by atoms with van der Waals surface area (Å²) in [5.74, 6) is -2.40. The Labute approximate surface area is 309 Å². The molecule has 0 aromatic carbocycles. The van der Waals surface area contributed by atoms with E-state index in [2.05, 4.69) is 42.7 Å². The molecule has 0 heterocycles. The first-order valence-corrected chi connectivity index (χ1v) is 21.4. The van der Waals surface area contributed by atoms with Crippen molar-refractivity contribution in [1.29, 1.82) is 0 Å². The number of hydrogen-bond acceptors (Lipinski definition) is 9. The smallest absolute Gasteiger partial charge is 0.472 e. The van der Waals surface area contributed by atoms with Crippen LogP contribution in [-0.2, 0) is 37.5 Å². The summed E-state index contributed by atoms with van der Waals surface area (Å²) >= 11 is 0. The van der Waals surface area contributed by atoms with Gasteiger partial charge in [0.05, 0.1) is 13.2 Å². The Morgan fingerprint density at radius 3 is 1.45 bits per heavy atom. The van der Waals surface area contributed by atoms with E-state index in [1.807, 2.05) is 0 Å². The zero-order valence-electron chi connectivity index (χ0n) is 31.9. The van der Waals surface area contributed by atoms with Crippen molar-refractivity contribution in [1.82, 2.24) is 0 Å². The van der Waals surface area contributed by atoms with E-state index < -0.39 is 51.1 Å². The minimum Gasteiger partial charge on any atom is -0.480 e. The normalized spacial score (nSPS) is 14.1. The van der Waals surface area contributed by atoms with Gasteiger partial charge in [0, 0.05) is 12.8 Å². The fourth-order valence-electron chi connectivity index (χ4n) is 5.23. The van der Waals surface area contributed by atoms with Crippen molar-refractivity contribution in [2.75, 3.05) is 19.8 Å². The summed E-state index contributed by atoms with van der Waals surface area (Å²) in [5, 5.41) is 8.86. The summed E-state index contributed by atoms with van der Waals surface area (Å²) in [4.78, 5) is 45.8. The third-order valence-corrected chi connectivity index (χ3v) is 9.37. The van der Waals surface area contributed by atoms with Crippen LogP contribution in [0.5, 0.6) is 0 Å². The van der Waals surface area contributed by atoms with Gasteiger partial charge in [-0.1, -0.05) is 122 Å². The number of carbonyl (C=O) groups excluding carboxylic acids is 2. The highest BCUT2D eigenvalue weighted by Gasteiger charge is 2.28. The summed E-state index contributed by atoms with van der Waals surface area (Å²) in [6.45, 7) is 2.75. The highest BCUT2D eigenvalue weighted by Crippen LogP contribution is 2.43. The van der Waals surface area contributed by atoms with Crippen LogP contribution in [-0.4, -0.2) is 59.9 Å². The van der Waals surface area contributed by atoms with Gasteiger partial charge in [-0.15, -0.1) is 0 Å². The minimum absolute atomic E-state index is 0.151. The van der Waals surface area contributed by atoms with E-state index in [4.69, 9.17) is 24.8 Å². The molecule has 0 amide bonds. The van der Waals surface area contributed by atoms with Crippen molar-refractivity contribution >= 4 is 25.7 Å². The Hall–Kier alpha value is -2.04. The fraction of sp³-hybridized carbons (Fsp3) is 0.821. The average molecular weight is 746 g/mol. The van der Waals surface area contributed by atoms with Gasteiger partial charge in [-0.2, -0.15) is 0 Å². The quantitative estimate of drug-likeness (QED) is 0.0239. The molecule has 1 unspecified atom stereocenters. The van der Waals surface area contributed by atoms with E-state index in [0.29, 0.717) is 12.8 Å².